The molecule has 3 saturated carbocycles. The molecule has 2 bridgehead atoms. The van der Waals surface area contributed by atoms with Gasteiger partial charge in [0.1, 0.15) is 0 Å². The maximum absolute atomic E-state index is 6.04. The van der Waals surface area contributed by atoms with Gasteiger partial charge in [-0.15, -0.1) is 0 Å². The van der Waals surface area contributed by atoms with Gasteiger partial charge in [0.05, 0.1) is 12.2 Å². The molecule has 2 saturated heterocycles. The minimum absolute atomic E-state index is 0.0684. The second-order valence-electron chi connectivity index (χ2n) is 7.70. The molecule has 0 aromatic rings. The van der Waals surface area contributed by atoms with Gasteiger partial charge in [-0.25, -0.2) is 0 Å². The first-order valence-electron chi connectivity index (χ1n) is 8.32. The first-order valence-corrected chi connectivity index (χ1v) is 8.32. The van der Waals surface area contributed by atoms with Crippen LogP contribution in [0.2, 0.25) is 0 Å². The highest BCUT2D eigenvalue weighted by Gasteiger charge is 2.65. The lowest BCUT2D eigenvalue weighted by Crippen LogP contribution is -2.48. The summed E-state index contributed by atoms with van der Waals surface area (Å²) in [4.78, 5) is 0. The van der Waals surface area contributed by atoms with Gasteiger partial charge in [0.25, 0.3) is 0 Å². The monoisotopic (exact) mass is 263 g/mol. The van der Waals surface area contributed by atoms with Crippen LogP contribution in [0.3, 0.4) is 0 Å². The molecule has 5 rings (SSSR count). The summed E-state index contributed by atoms with van der Waals surface area (Å²) in [7, 11) is 0. The van der Waals surface area contributed by atoms with Crippen molar-refractivity contribution in [1.82, 2.24) is 5.32 Å². The van der Waals surface area contributed by atoms with Crippen LogP contribution in [0.5, 0.6) is 0 Å². The van der Waals surface area contributed by atoms with Gasteiger partial charge >= 0.3 is 0 Å². The van der Waals surface area contributed by atoms with Crippen LogP contribution in [0.15, 0.2) is 0 Å². The van der Waals surface area contributed by atoms with Crippen LogP contribution in [0.4, 0.5) is 0 Å². The first-order chi connectivity index (χ1) is 9.35. The smallest absolute Gasteiger partial charge is 0.0951 e. The van der Waals surface area contributed by atoms with Gasteiger partial charge in [0.15, 0.2) is 0 Å². The molecule has 0 amide bonds. The third kappa shape index (κ3) is 1.68. The van der Waals surface area contributed by atoms with Crippen molar-refractivity contribution in [3.8, 4) is 0 Å². The van der Waals surface area contributed by atoms with E-state index in [-0.39, 0.29) is 5.60 Å². The molecular formula is C16H25NO2. The molecule has 3 heteroatoms. The molecule has 1 spiro atoms. The third-order valence-electron chi connectivity index (χ3n) is 6.72. The molecular weight excluding hydrogens is 238 g/mol. The molecule has 106 valence electrons. The molecule has 1 N–H and O–H groups in total. The molecule has 19 heavy (non-hydrogen) atoms. The van der Waals surface area contributed by atoms with Crippen molar-refractivity contribution < 1.29 is 9.47 Å². The Hall–Kier alpha value is -0.120. The van der Waals surface area contributed by atoms with E-state index in [2.05, 4.69) is 5.32 Å². The average Bonchev–Trinajstić information content (AvgIpc) is 2.83. The quantitative estimate of drug-likeness (QED) is 0.826. The Morgan fingerprint density at radius 3 is 2.58 bits per heavy atom. The predicted molar refractivity (Wildman–Crippen MR) is 71.9 cm³/mol. The Morgan fingerprint density at radius 2 is 1.84 bits per heavy atom. The summed E-state index contributed by atoms with van der Waals surface area (Å²) < 4.78 is 11.6. The number of hydrogen-bond acceptors (Lipinski definition) is 3. The van der Waals surface area contributed by atoms with E-state index in [0.29, 0.717) is 6.04 Å². The highest BCUT2D eigenvalue weighted by Crippen LogP contribution is 2.65. The molecule has 0 aromatic heterocycles. The maximum atomic E-state index is 6.04. The lowest BCUT2D eigenvalue weighted by molar-refractivity contribution is -0.0898. The predicted octanol–water partition coefficient (Wildman–Crippen LogP) is 1.96. The summed E-state index contributed by atoms with van der Waals surface area (Å²) in [6.45, 7) is 2.65. The molecule has 2 aliphatic heterocycles. The Morgan fingerprint density at radius 1 is 1.00 bits per heavy atom. The third-order valence-corrected chi connectivity index (χ3v) is 6.72. The van der Waals surface area contributed by atoms with Crippen LogP contribution in [0, 0.1) is 23.7 Å². The normalized spacial score (nSPS) is 58.7. The van der Waals surface area contributed by atoms with Gasteiger partial charge in [-0.05, 0) is 55.8 Å². The first kappa shape index (κ1) is 11.5. The highest BCUT2D eigenvalue weighted by atomic mass is 16.6. The van der Waals surface area contributed by atoms with Gasteiger partial charge in [0.2, 0.25) is 0 Å². The van der Waals surface area contributed by atoms with Crippen LogP contribution in [0.25, 0.3) is 0 Å². The summed E-state index contributed by atoms with van der Waals surface area (Å²) in [6.07, 6.45) is 8.09. The summed E-state index contributed by atoms with van der Waals surface area (Å²) in [5, 5.41) is 4.01. The number of hydrogen-bond donors (Lipinski definition) is 1. The largest absolute Gasteiger partial charge is 0.378 e. The molecule has 3 aliphatic carbocycles. The maximum Gasteiger partial charge on any atom is 0.0951 e. The van der Waals surface area contributed by atoms with Crippen molar-refractivity contribution in [3.63, 3.8) is 0 Å². The molecule has 6 atom stereocenters. The Labute approximate surface area is 115 Å². The van der Waals surface area contributed by atoms with E-state index >= 15 is 0 Å². The highest BCUT2D eigenvalue weighted by molar-refractivity contribution is 5.17. The van der Waals surface area contributed by atoms with E-state index in [0.717, 1.165) is 56.0 Å². The summed E-state index contributed by atoms with van der Waals surface area (Å²) in [5.74, 6) is 4.27. The minimum atomic E-state index is 0.0684. The van der Waals surface area contributed by atoms with Gasteiger partial charge in [-0.1, -0.05) is 0 Å². The summed E-state index contributed by atoms with van der Waals surface area (Å²) in [6, 6.07) is 1.55. The van der Waals surface area contributed by atoms with Crippen LogP contribution >= 0.6 is 0 Å². The lowest BCUT2D eigenvalue weighted by atomic mass is 9.89. The second-order valence-corrected chi connectivity index (χ2v) is 7.70. The fraction of sp³-hybridized carbons (Fsp3) is 1.00. The number of ether oxygens (including phenoxy) is 2. The van der Waals surface area contributed by atoms with Crippen LogP contribution in [-0.2, 0) is 9.47 Å². The molecule has 5 fully saturated rings. The van der Waals surface area contributed by atoms with Gasteiger partial charge < -0.3 is 14.8 Å². The number of rotatable bonds is 2. The zero-order valence-corrected chi connectivity index (χ0v) is 11.6. The van der Waals surface area contributed by atoms with Crippen molar-refractivity contribution in [2.45, 2.75) is 56.2 Å². The van der Waals surface area contributed by atoms with Crippen LogP contribution < -0.4 is 5.32 Å². The van der Waals surface area contributed by atoms with E-state index in [1.807, 2.05) is 0 Å². The van der Waals surface area contributed by atoms with E-state index in [1.165, 1.54) is 25.7 Å². The van der Waals surface area contributed by atoms with E-state index in [1.54, 1.807) is 6.42 Å². The van der Waals surface area contributed by atoms with Crippen LogP contribution in [-0.4, -0.2) is 37.5 Å². The standard InChI is InChI=1S/C16H25NO2/c1-2-11-7-10(1)13-14(11)15(13)17-12-3-5-19-16(8-12)4-6-18-9-16/h10-15,17H,1-9H2. The minimum Gasteiger partial charge on any atom is -0.378 e. The summed E-state index contributed by atoms with van der Waals surface area (Å²) >= 11 is 0. The van der Waals surface area contributed by atoms with Crippen molar-refractivity contribution >= 4 is 0 Å². The molecule has 6 unspecified atom stereocenters. The van der Waals surface area contributed by atoms with Crippen molar-refractivity contribution in [2.75, 3.05) is 19.8 Å². The van der Waals surface area contributed by atoms with Gasteiger partial charge in [-0.2, -0.15) is 0 Å². The van der Waals surface area contributed by atoms with Crippen LogP contribution in [0.1, 0.15) is 38.5 Å². The Kier molecular flexibility index (Phi) is 2.40. The molecule has 3 nitrogen and oxygen atoms in total. The lowest BCUT2D eigenvalue weighted by Gasteiger charge is -2.38. The van der Waals surface area contributed by atoms with Crippen molar-refractivity contribution in [3.05, 3.63) is 0 Å². The van der Waals surface area contributed by atoms with Crippen molar-refractivity contribution in [1.29, 1.82) is 0 Å². The number of nitrogens with one attached hydrogen (secondary N) is 1. The Balaban J connectivity index is 1.23. The zero-order chi connectivity index (χ0) is 12.4. The number of fused-ring (bicyclic) bond motifs is 5. The van der Waals surface area contributed by atoms with Gasteiger partial charge in [0, 0.05) is 31.7 Å². The van der Waals surface area contributed by atoms with E-state index in [4.69, 9.17) is 9.47 Å². The fourth-order valence-corrected chi connectivity index (χ4v) is 5.85. The van der Waals surface area contributed by atoms with E-state index < -0.39 is 0 Å². The molecule has 0 radical (unpaired) electrons. The second kappa shape index (κ2) is 3.96. The summed E-state index contributed by atoms with van der Waals surface area (Å²) in [5.41, 5.74) is 0.0684. The van der Waals surface area contributed by atoms with E-state index in [9.17, 15) is 0 Å². The molecule has 0 aromatic carbocycles. The molecule has 5 aliphatic rings. The molecule has 2 heterocycles. The SMILES string of the molecule is C1CC2(CO1)CC(NC1C3C4CCC(C4)C13)CCO2. The fourth-order valence-electron chi connectivity index (χ4n) is 5.85. The van der Waals surface area contributed by atoms with Crippen molar-refractivity contribution in [2.24, 2.45) is 23.7 Å². The zero-order valence-electron chi connectivity index (χ0n) is 11.6. The van der Waals surface area contributed by atoms with Gasteiger partial charge in [-0.3, -0.25) is 0 Å². The Bertz CT molecular complexity index is 363. The average molecular weight is 263 g/mol. The topological polar surface area (TPSA) is 30.5 Å².